The van der Waals surface area contributed by atoms with Crippen molar-refractivity contribution in [2.45, 2.75) is 6.92 Å². The molecule has 3 aromatic rings. The Bertz CT molecular complexity index is 891. The minimum Gasteiger partial charge on any atom is -0.331 e. The summed E-state index contributed by atoms with van der Waals surface area (Å²) in [5, 5.41) is 12.7. The lowest BCUT2D eigenvalue weighted by molar-refractivity contribution is 0.104. The van der Waals surface area contributed by atoms with E-state index in [1.807, 2.05) is 37.3 Å². The zero-order valence-corrected chi connectivity index (χ0v) is 13.2. The maximum Gasteiger partial charge on any atom is 0.204 e. The Morgan fingerprint density at radius 3 is 2.74 bits per heavy atom. The zero-order valence-electron chi connectivity index (χ0n) is 12.4. The molecule has 1 N–H and O–H groups in total. The van der Waals surface area contributed by atoms with Gasteiger partial charge in [-0.05, 0) is 25.1 Å². The maximum absolute atomic E-state index is 12.4. The molecular weight excluding hydrogens is 306 g/mol. The molecule has 2 aromatic carbocycles. The van der Waals surface area contributed by atoms with Crippen LogP contribution in [0, 0.1) is 18.3 Å². The van der Waals surface area contributed by atoms with Gasteiger partial charge in [0.05, 0.1) is 22.7 Å². The lowest BCUT2D eigenvalue weighted by Crippen LogP contribution is -1.97. The fourth-order valence-corrected chi connectivity index (χ4v) is 2.87. The lowest BCUT2D eigenvalue weighted by Gasteiger charge is -2.02. The monoisotopic (exact) mass is 319 g/mol. The van der Waals surface area contributed by atoms with Crippen LogP contribution in [0.25, 0.3) is 0 Å². The van der Waals surface area contributed by atoms with Gasteiger partial charge in [-0.3, -0.25) is 4.79 Å². The van der Waals surface area contributed by atoms with Crippen LogP contribution in [0.5, 0.6) is 0 Å². The van der Waals surface area contributed by atoms with Crippen molar-refractivity contribution < 1.29 is 4.79 Å². The number of ketones is 1. The summed E-state index contributed by atoms with van der Waals surface area (Å²) in [4.78, 5) is 17.2. The molecule has 1 aromatic heterocycles. The average Bonchev–Trinajstić information content (AvgIpc) is 3.03. The van der Waals surface area contributed by atoms with Crippen molar-refractivity contribution in [3.05, 3.63) is 76.3 Å². The first-order chi connectivity index (χ1) is 11.2. The van der Waals surface area contributed by atoms with E-state index in [9.17, 15) is 4.79 Å². The van der Waals surface area contributed by atoms with Crippen molar-refractivity contribution in [1.29, 1.82) is 5.26 Å². The summed E-state index contributed by atoms with van der Waals surface area (Å²) in [6.45, 7) is 1.98. The van der Waals surface area contributed by atoms with Gasteiger partial charge in [0, 0.05) is 11.3 Å². The third-order valence-corrected chi connectivity index (χ3v) is 4.20. The smallest absolute Gasteiger partial charge is 0.204 e. The highest BCUT2D eigenvalue weighted by atomic mass is 32.1. The zero-order chi connectivity index (χ0) is 16.2. The predicted octanol–water partition coefficient (Wildman–Crippen LogP) is 4.30. The van der Waals surface area contributed by atoms with E-state index < -0.39 is 0 Å². The van der Waals surface area contributed by atoms with E-state index in [4.69, 9.17) is 5.26 Å². The van der Waals surface area contributed by atoms with Crippen LogP contribution in [0.3, 0.4) is 0 Å². The van der Waals surface area contributed by atoms with Crippen LogP contribution in [0.4, 0.5) is 10.8 Å². The standard InChI is InChI=1S/C18H13N3OS/c1-12-5-7-14(8-6-12)17(22)16-11-20-18(23-16)21-15-4-2-3-13(9-15)10-19/h2-9,11H,1H3,(H,20,21). The third-order valence-electron chi connectivity index (χ3n) is 3.29. The van der Waals surface area contributed by atoms with Gasteiger partial charge in [0.1, 0.15) is 0 Å². The number of hydrogen-bond donors (Lipinski definition) is 1. The van der Waals surface area contributed by atoms with Crippen LogP contribution >= 0.6 is 11.3 Å². The molecule has 0 bridgehead atoms. The van der Waals surface area contributed by atoms with Crippen LogP contribution < -0.4 is 5.32 Å². The number of nitrogens with one attached hydrogen (secondary N) is 1. The Kier molecular flexibility index (Phi) is 4.18. The second kappa shape index (κ2) is 6.42. The topological polar surface area (TPSA) is 65.8 Å². The number of hydrogen-bond acceptors (Lipinski definition) is 5. The van der Waals surface area contributed by atoms with Crippen LogP contribution in [-0.2, 0) is 0 Å². The molecular formula is C18H13N3OS. The highest BCUT2D eigenvalue weighted by molar-refractivity contribution is 7.17. The average molecular weight is 319 g/mol. The van der Waals surface area contributed by atoms with Crippen LogP contribution in [-0.4, -0.2) is 10.8 Å². The number of nitriles is 1. The molecule has 4 nitrogen and oxygen atoms in total. The van der Waals surface area contributed by atoms with Gasteiger partial charge in [0.25, 0.3) is 0 Å². The number of anilines is 2. The summed E-state index contributed by atoms with van der Waals surface area (Å²) < 4.78 is 0. The first kappa shape index (κ1) is 14.9. The number of nitrogens with zero attached hydrogens (tertiary/aromatic N) is 2. The van der Waals surface area contributed by atoms with Gasteiger partial charge < -0.3 is 5.32 Å². The van der Waals surface area contributed by atoms with Gasteiger partial charge in [-0.2, -0.15) is 5.26 Å². The summed E-state index contributed by atoms with van der Waals surface area (Å²) >= 11 is 1.29. The predicted molar refractivity (Wildman–Crippen MR) is 91.2 cm³/mol. The number of carbonyl (C=O) groups excluding carboxylic acids is 1. The van der Waals surface area contributed by atoms with E-state index in [0.717, 1.165) is 11.3 Å². The molecule has 0 unspecified atom stereocenters. The first-order valence-electron chi connectivity index (χ1n) is 7.00. The van der Waals surface area contributed by atoms with Crippen LogP contribution in [0.2, 0.25) is 0 Å². The van der Waals surface area contributed by atoms with Crippen molar-refractivity contribution in [2.24, 2.45) is 0 Å². The lowest BCUT2D eigenvalue weighted by atomic mass is 10.1. The molecule has 0 atom stereocenters. The van der Waals surface area contributed by atoms with Crippen molar-refractivity contribution in [3.63, 3.8) is 0 Å². The minimum atomic E-state index is -0.0404. The molecule has 0 saturated heterocycles. The highest BCUT2D eigenvalue weighted by Crippen LogP contribution is 2.25. The third kappa shape index (κ3) is 3.44. The molecule has 0 fully saturated rings. The minimum absolute atomic E-state index is 0.0404. The highest BCUT2D eigenvalue weighted by Gasteiger charge is 2.13. The summed E-state index contributed by atoms with van der Waals surface area (Å²) in [6.07, 6.45) is 1.57. The van der Waals surface area contributed by atoms with Crippen molar-refractivity contribution in [3.8, 4) is 6.07 Å². The van der Waals surface area contributed by atoms with Gasteiger partial charge >= 0.3 is 0 Å². The van der Waals surface area contributed by atoms with Crippen LogP contribution in [0.1, 0.15) is 26.4 Å². The second-order valence-corrected chi connectivity index (χ2v) is 6.07. The van der Waals surface area contributed by atoms with Gasteiger partial charge in [0.15, 0.2) is 5.13 Å². The van der Waals surface area contributed by atoms with Gasteiger partial charge in [-0.1, -0.05) is 47.2 Å². The molecule has 0 spiro atoms. The number of benzene rings is 2. The molecule has 23 heavy (non-hydrogen) atoms. The van der Waals surface area contributed by atoms with E-state index in [1.54, 1.807) is 24.4 Å². The van der Waals surface area contributed by atoms with Crippen molar-refractivity contribution in [1.82, 2.24) is 4.98 Å². The molecule has 0 aliphatic rings. The van der Waals surface area contributed by atoms with E-state index in [-0.39, 0.29) is 5.78 Å². The summed E-state index contributed by atoms with van der Waals surface area (Å²) in [5.74, 6) is -0.0404. The number of aryl methyl sites for hydroxylation is 1. The van der Waals surface area contributed by atoms with Gasteiger partial charge in [-0.25, -0.2) is 4.98 Å². The summed E-state index contributed by atoms with van der Waals surface area (Å²) in [7, 11) is 0. The van der Waals surface area contributed by atoms with E-state index in [2.05, 4.69) is 16.4 Å². The molecule has 0 radical (unpaired) electrons. The molecule has 5 heteroatoms. The normalized spacial score (nSPS) is 10.1. The maximum atomic E-state index is 12.4. The largest absolute Gasteiger partial charge is 0.331 e. The van der Waals surface area contributed by atoms with Crippen molar-refractivity contribution >= 4 is 27.9 Å². The molecule has 0 amide bonds. The van der Waals surface area contributed by atoms with E-state index >= 15 is 0 Å². The Balaban J connectivity index is 1.79. The summed E-state index contributed by atoms with van der Waals surface area (Å²) in [5.41, 5.74) is 3.11. The number of carbonyl (C=O) groups is 1. The molecule has 3 rings (SSSR count). The first-order valence-corrected chi connectivity index (χ1v) is 7.82. The SMILES string of the molecule is Cc1ccc(C(=O)c2cnc(Nc3cccc(C#N)c3)s2)cc1. The Morgan fingerprint density at radius 1 is 1.22 bits per heavy atom. The Morgan fingerprint density at radius 2 is 2.00 bits per heavy atom. The summed E-state index contributed by atoms with van der Waals surface area (Å²) in [6, 6.07) is 16.7. The van der Waals surface area contributed by atoms with E-state index in [0.29, 0.717) is 21.1 Å². The molecule has 0 aliphatic heterocycles. The fourth-order valence-electron chi connectivity index (χ4n) is 2.07. The molecule has 0 saturated carbocycles. The van der Waals surface area contributed by atoms with Gasteiger partial charge in [-0.15, -0.1) is 0 Å². The Labute approximate surface area is 138 Å². The fraction of sp³-hybridized carbons (Fsp3) is 0.0556. The van der Waals surface area contributed by atoms with Crippen LogP contribution in [0.15, 0.2) is 54.7 Å². The van der Waals surface area contributed by atoms with Crippen molar-refractivity contribution in [2.75, 3.05) is 5.32 Å². The quantitative estimate of drug-likeness (QED) is 0.728. The molecule has 1 heterocycles. The number of aromatic nitrogens is 1. The number of rotatable bonds is 4. The number of thiazole rings is 1. The Hall–Kier alpha value is -2.97. The van der Waals surface area contributed by atoms with E-state index in [1.165, 1.54) is 11.3 Å². The second-order valence-electron chi connectivity index (χ2n) is 5.04. The molecule has 112 valence electrons. The van der Waals surface area contributed by atoms with Gasteiger partial charge in [0.2, 0.25) is 5.78 Å². The molecule has 0 aliphatic carbocycles.